The molecule has 11 heavy (non-hydrogen) atoms. The van der Waals surface area contributed by atoms with Crippen molar-refractivity contribution in [3.63, 3.8) is 0 Å². The Kier molecular flexibility index (Phi) is 2.97. The summed E-state index contributed by atoms with van der Waals surface area (Å²) in [5.74, 6) is 0.910. The van der Waals surface area contributed by atoms with Crippen LogP contribution in [0.2, 0.25) is 5.02 Å². The molecule has 4 heteroatoms. The highest BCUT2D eigenvalue weighted by Crippen LogP contribution is 2.27. The summed E-state index contributed by atoms with van der Waals surface area (Å²) in [6.07, 6.45) is 3.18. The zero-order valence-corrected chi connectivity index (χ0v) is 7.49. The summed E-state index contributed by atoms with van der Waals surface area (Å²) in [4.78, 5) is 3.89. The fraction of sp³-hybridized carbons (Fsp3) is 0.286. The molecule has 0 spiro atoms. The number of halogens is 2. The largest absolute Gasteiger partial charge is 0.494 e. The summed E-state index contributed by atoms with van der Waals surface area (Å²) < 4.78 is 4.93. The van der Waals surface area contributed by atoms with E-state index in [4.69, 9.17) is 27.9 Å². The van der Waals surface area contributed by atoms with Crippen molar-refractivity contribution in [2.75, 3.05) is 7.11 Å². The van der Waals surface area contributed by atoms with Gasteiger partial charge < -0.3 is 4.74 Å². The smallest absolute Gasteiger partial charge is 0.156 e. The van der Waals surface area contributed by atoms with Gasteiger partial charge in [0, 0.05) is 11.8 Å². The second-order valence-electron chi connectivity index (χ2n) is 1.95. The number of ether oxygens (including phenoxy) is 1. The molecule has 2 nitrogen and oxygen atoms in total. The molecular formula is C7H7Cl2NO. The van der Waals surface area contributed by atoms with Crippen molar-refractivity contribution in [2.45, 2.75) is 5.88 Å². The molecule has 0 fully saturated rings. The van der Waals surface area contributed by atoms with Gasteiger partial charge in [-0.2, -0.15) is 0 Å². The SMILES string of the molecule is COc1cncc(CCl)c1Cl. The summed E-state index contributed by atoms with van der Waals surface area (Å²) in [6, 6.07) is 0. The molecule has 0 radical (unpaired) electrons. The molecule has 0 saturated carbocycles. The second-order valence-corrected chi connectivity index (χ2v) is 2.59. The van der Waals surface area contributed by atoms with Crippen molar-refractivity contribution in [1.29, 1.82) is 0 Å². The van der Waals surface area contributed by atoms with Crippen LogP contribution in [0.4, 0.5) is 0 Å². The molecule has 1 heterocycles. The Hall–Kier alpha value is -0.470. The predicted molar refractivity (Wildman–Crippen MR) is 45.4 cm³/mol. The Morgan fingerprint density at radius 2 is 2.27 bits per heavy atom. The van der Waals surface area contributed by atoms with Crippen molar-refractivity contribution < 1.29 is 4.74 Å². The van der Waals surface area contributed by atoms with Gasteiger partial charge in [0.05, 0.1) is 24.2 Å². The molecule has 0 aromatic carbocycles. The monoisotopic (exact) mass is 191 g/mol. The molecular weight excluding hydrogens is 185 g/mol. The first-order valence-electron chi connectivity index (χ1n) is 3.02. The zero-order chi connectivity index (χ0) is 8.27. The number of methoxy groups -OCH3 is 1. The number of pyridine rings is 1. The lowest BCUT2D eigenvalue weighted by Gasteiger charge is -2.03. The maximum atomic E-state index is 5.86. The van der Waals surface area contributed by atoms with Crippen molar-refractivity contribution >= 4 is 23.2 Å². The minimum Gasteiger partial charge on any atom is -0.494 e. The van der Waals surface area contributed by atoms with E-state index in [9.17, 15) is 0 Å². The van der Waals surface area contributed by atoms with E-state index in [2.05, 4.69) is 4.98 Å². The molecule has 1 aromatic heterocycles. The van der Waals surface area contributed by atoms with Crippen LogP contribution < -0.4 is 4.74 Å². The lowest BCUT2D eigenvalue weighted by molar-refractivity contribution is 0.412. The molecule has 0 N–H and O–H groups in total. The molecule has 0 atom stereocenters. The minimum absolute atomic E-state index is 0.350. The van der Waals surface area contributed by atoms with Crippen molar-refractivity contribution in [3.05, 3.63) is 23.0 Å². The first kappa shape index (κ1) is 8.62. The zero-order valence-electron chi connectivity index (χ0n) is 5.97. The van der Waals surface area contributed by atoms with E-state index in [-0.39, 0.29) is 0 Å². The van der Waals surface area contributed by atoms with Crippen molar-refractivity contribution in [3.8, 4) is 5.75 Å². The molecule has 0 amide bonds. The molecule has 0 bridgehead atoms. The van der Waals surface area contributed by atoms with Gasteiger partial charge in [-0.1, -0.05) is 11.6 Å². The molecule has 0 unspecified atom stereocenters. The Bertz CT molecular complexity index is 230. The molecule has 0 aliphatic rings. The van der Waals surface area contributed by atoms with Gasteiger partial charge >= 0.3 is 0 Å². The maximum Gasteiger partial charge on any atom is 0.156 e. The lowest BCUT2D eigenvalue weighted by atomic mass is 10.3. The Morgan fingerprint density at radius 3 is 2.82 bits per heavy atom. The highest BCUT2D eigenvalue weighted by Gasteiger charge is 2.04. The quantitative estimate of drug-likeness (QED) is 0.671. The van der Waals surface area contributed by atoms with E-state index >= 15 is 0 Å². The molecule has 60 valence electrons. The topological polar surface area (TPSA) is 22.1 Å². The Balaban J connectivity index is 3.10. The van der Waals surface area contributed by atoms with Gasteiger partial charge in [0.1, 0.15) is 0 Å². The third-order valence-electron chi connectivity index (χ3n) is 1.28. The summed E-state index contributed by atoms with van der Waals surface area (Å²) in [5.41, 5.74) is 0.785. The maximum absolute atomic E-state index is 5.86. The third kappa shape index (κ3) is 1.76. The first-order chi connectivity index (χ1) is 5.29. The average molecular weight is 192 g/mol. The summed E-state index contributed by atoms with van der Waals surface area (Å²) in [7, 11) is 1.54. The summed E-state index contributed by atoms with van der Waals surface area (Å²) in [6.45, 7) is 0. The minimum atomic E-state index is 0.350. The van der Waals surface area contributed by atoms with Crippen molar-refractivity contribution in [1.82, 2.24) is 4.98 Å². The van der Waals surface area contributed by atoms with Crippen LogP contribution in [0, 0.1) is 0 Å². The highest BCUT2D eigenvalue weighted by atomic mass is 35.5. The van der Waals surface area contributed by atoms with Gasteiger partial charge in [-0.05, 0) is 0 Å². The second kappa shape index (κ2) is 3.79. The molecule has 0 saturated heterocycles. The van der Waals surface area contributed by atoms with Gasteiger partial charge in [-0.15, -0.1) is 11.6 Å². The fourth-order valence-corrected chi connectivity index (χ4v) is 1.21. The average Bonchev–Trinajstić information content (AvgIpc) is 2.05. The fourth-order valence-electron chi connectivity index (χ4n) is 0.702. The van der Waals surface area contributed by atoms with Gasteiger partial charge in [-0.3, -0.25) is 4.98 Å². The van der Waals surface area contributed by atoms with Crippen LogP contribution in [0.1, 0.15) is 5.56 Å². The molecule has 1 rings (SSSR count). The predicted octanol–water partition coefficient (Wildman–Crippen LogP) is 2.48. The van der Waals surface area contributed by atoms with Crippen LogP contribution in [0.15, 0.2) is 12.4 Å². The standard InChI is InChI=1S/C7H7Cl2NO/c1-11-6-4-10-3-5(2-8)7(6)9/h3-4H,2H2,1H3. The normalized spacial score (nSPS) is 9.73. The third-order valence-corrected chi connectivity index (χ3v) is 2.00. The Labute approximate surface area is 75.1 Å². The van der Waals surface area contributed by atoms with Crippen molar-refractivity contribution in [2.24, 2.45) is 0 Å². The van der Waals surface area contributed by atoms with Crippen LogP contribution in [-0.4, -0.2) is 12.1 Å². The van der Waals surface area contributed by atoms with Gasteiger partial charge in [-0.25, -0.2) is 0 Å². The van der Waals surface area contributed by atoms with Crippen LogP contribution >= 0.6 is 23.2 Å². The van der Waals surface area contributed by atoms with E-state index in [1.807, 2.05) is 0 Å². The summed E-state index contributed by atoms with van der Waals surface area (Å²) >= 11 is 11.4. The number of aromatic nitrogens is 1. The van der Waals surface area contributed by atoms with Gasteiger partial charge in [0.25, 0.3) is 0 Å². The van der Waals surface area contributed by atoms with Crippen LogP contribution in [0.3, 0.4) is 0 Å². The molecule has 0 aliphatic heterocycles. The number of alkyl halides is 1. The van der Waals surface area contributed by atoms with Gasteiger partial charge in [0.15, 0.2) is 5.75 Å². The lowest BCUT2D eigenvalue weighted by Crippen LogP contribution is -1.89. The van der Waals surface area contributed by atoms with Crippen LogP contribution in [0.25, 0.3) is 0 Å². The van der Waals surface area contributed by atoms with E-state index in [1.54, 1.807) is 19.5 Å². The number of rotatable bonds is 2. The van der Waals surface area contributed by atoms with E-state index in [1.165, 1.54) is 0 Å². The molecule has 0 aliphatic carbocycles. The highest BCUT2D eigenvalue weighted by molar-refractivity contribution is 6.33. The number of hydrogen-bond donors (Lipinski definition) is 0. The first-order valence-corrected chi connectivity index (χ1v) is 3.93. The van der Waals surface area contributed by atoms with E-state index < -0.39 is 0 Å². The van der Waals surface area contributed by atoms with E-state index in [0.717, 1.165) is 5.56 Å². The van der Waals surface area contributed by atoms with Crippen LogP contribution in [-0.2, 0) is 5.88 Å². The van der Waals surface area contributed by atoms with E-state index in [0.29, 0.717) is 16.7 Å². The number of hydrogen-bond acceptors (Lipinski definition) is 2. The Morgan fingerprint density at radius 1 is 1.55 bits per heavy atom. The van der Waals surface area contributed by atoms with Crippen LogP contribution in [0.5, 0.6) is 5.75 Å². The van der Waals surface area contributed by atoms with Gasteiger partial charge in [0.2, 0.25) is 0 Å². The number of nitrogens with zero attached hydrogens (tertiary/aromatic N) is 1. The summed E-state index contributed by atoms with van der Waals surface area (Å²) in [5, 5.41) is 0.539. The molecule has 1 aromatic rings.